The Morgan fingerprint density at radius 1 is 1.30 bits per heavy atom. The monoisotopic (exact) mass is 293 g/mol. The summed E-state index contributed by atoms with van der Waals surface area (Å²) in [5.41, 5.74) is -0.491. The zero-order valence-corrected chi connectivity index (χ0v) is 11.4. The SMILES string of the molecule is CNC(C)(CO)CN1CCn2c(nnc2C(F)(F)F)C1. The minimum atomic E-state index is -4.47. The fraction of sp³-hybridized carbons (Fsp3) is 0.818. The molecule has 0 radical (unpaired) electrons. The first-order valence-corrected chi connectivity index (χ1v) is 6.30. The molecule has 2 rings (SSSR count). The molecule has 0 fully saturated rings. The van der Waals surface area contributed by atoms with Gasteiger partial charge in [0.1, 0.15) is 5.82 Å². The summed E-state index contributed by atoms with van der Waals surface area (Å²) in [4.78, 5) is 1.96. The van der Waals surface area contributed by atoms with Gasteiger partial charge in [0.2, 0.25) is 5.82 Å². The predicted molar refractivity (Wildman–Crippen MR) is 64.9 cm³/mol. The molecule has 2 heterocycles. The van der Waals surface area contributed by atoms with Gasteiger partial charge in [0.05, 0.1) is 18.7 Å². The molecule has 1 unspecified atom stereocenters. The van der Waals surface area contributed by atoms with Gasteiger partial charge in [-0.3, -0.25) is 4.90 Å². The van der Waals surface area contributed by atoms with Crippen LogP contribution in [0.25, 0.3) is 0 Å². The van der Waals surface area contributed by atoms with Crippen molar-refractivity contribution >= 4 is 0 Å². The summed E-state index contributed by atoms with van der Waals surface area (Å²) in [6, 6.07) is 0. The van der Waals surface area contributed by atoms with Crippen LogP contribution in [0.3, 0.4) is 0 Å². The highest BCUT2D eigenvalue weighted by molar-refractivity contribution is 5.03. The maximum atomic E-state index is 12.7. The van der Waals surface area contributed by atoms with Crippen molar-refractivity contribution in [1.82, 2.24) is 25.0 Å². The number of aromatic nitrogens is 3. The topological polar surface area (TPSA) is 66.2 Å². The first kappa shape index (κ1) is 15.2. The molecular formula is C11H18F3N5O. The third kappa shape index (κ3) is 2.94. The molecule has 2 N–H and O–H groups in total. The number of rotatable bonds is 4. The van der Waals surface area contributed by atoms with E-state index in [1.807, 2.05) is 11.8 Å². The third-order valence-corrected chi connectivity index (χ3v) is 3.61. The number of aliphatic hydroxyl groups excluding tert-OH is 1. The molecular weight excluding hydrogens is 275 g/mol. The molecule has 114 valence electrons. The molecule has 0 aromatic carbocycles. The Kier molecular flexibility index (Phi) is 4.03. The number of nitrogens with one attached hydrogen (secondary N) is 1. The van der Waals surface area contributed by atoms with Crippen LogP contribution in [0.5, 0.6) is 0 Å². The van der Waals surface area contributed by atoms with Crippen molar-refractivity contribution < 1.29 is 18.3 Å². The minimum Gasteiger partial charge on any atom is -0.394 e. The number of alkyl halides is 3. The van der Waals surface area contributed by atoms with Gasteiger partial charge in [0.15, 0.2) is 0 Å². The molecule has 0 amide bonds. The summed E-state index contributed by atoms with van der Waals surface area (Å²) in [5.74, 6) is -0.634. The van der Waals surface area contributed by atoms with Crippen molar-refractivity contribution in [3.63, 3.8) is 0 Å². The van der Waals surface area contributed by atoms with Crippen LogP contribution in [-0.4, -0.2) is 57.1 Å². The van der Waals surface area contributed by atoms with Crippen LogP contribution in [-0.2, 0) is 19.3 Å². The first-order valence-electron chi connectivity index (χ1n) is 6.30. The average molecular weight is 293 g/mol. The second-order valence-corrected chi connectivity index (χ2v) is 5.27. The maximum absolute atomic E-state index is 12.7. The van der Waals surface area contributed by atoms with Crippen LogP contribution in [0.2, 0.25) is 0 Å². The predicted octanol–water partition coefficient (Wildman–Crippen LogP) is 0.0829. The Hall–Kier alpha value is -1.19. The molecule has 6 nitrogen and oxygen atoms in total. The second-order valence-electron chi connectivity index (χ2n) is 5.27. The highest BCUT2D eigenvalue weighted by atomic mass is 19.4. The number of hydrogen-bond donors (Lipinski definition) is 2. The molecule has 1 aliphatic heterocycles. The van der Waals surface area contributed by atoms with E-state index < -0.39 is 17.5 Å². The highest BCUT2D eigenvalue weighted by Gasteiger charge is 2.39. The number of nitrogens with zero attached hydrogens (tertiary/aromatic N) is 4. The smallest absolute Gasteiger partial charge is 0.394 e. The Morgan fingerprint density at radius 3 is 2.55 bits per heavy atom. The lowest BCUT2D eigenvalue weighted by Gasteiger charge is -2.36. The summed E-state index contributed by atoms with van der Waals surface area (Å²) in [7, 11) is 1.74. The van der Waals surface area contributed by atoms with Crippen LogP contribution < -0.4 is 5.32 Å². The fourth-order valence-corrected chi connectivity index (χ4v) is 2.25. The lowest BCUT2D eigenvalue weighted by Crippen LogP contribution is -2.53. The molecule has 1 atom stereocenters. The zero-order chi connectivity index (χ0) is 15.0. The van der Waals surface area contributed by atoms with E-state index in [1.54, 1.807) is 7.05 Å². The van der Waals surface area contributed by atoms with E-state index in [-0.39, 0.29) is 13.2 Å². The minimum absolute atomic E-state index is 0.0551. The van der Waals surface area contributed by atoms with Crippen molar-refractivity contribution in [1.29, 1.82) is 0 Å². The Balaban J connectivity index is 2.11. The summed E-state index contributed by atoms with van der Waals surface area (Å²) in [5, 5.41) is 19.2. The lowest BCUT2D eigenvalue weighted by atomic mass is 10.0. The van der Waals surface area contributed by atoms with Gasteiger partial charge in [-0.2, -0.15) is 13.2 Å². The fourth-order valence-electron chi connectivity index (χ4n) is 2.25. The van der Waals surface area contributed by atoms with E-state index in [4.69, 9.17) is 0 Å². The summed E-state index contributed by atoms with van der Waals surface area (Å²) < 4.78 is 39.2. The molecule has 0 saturated heterocycles. The largest absolute Gasteiger partial charge is 0.451 e. The molecule has 9 heteroatoms. The maximum Gasteiger partial charge on any atom is 0.451 e. The van der Waals surface area contributed by atoms with Crippen molar-refractivity contribution in [2.24, 2.45) is 0 Å². The molecule has 0 saturated carbocycles. The third-order valence-electron chi connectivity index (χ3n) is 3.61. The zero-order valence-electron chi connectivity index (χ0n) is 11.4. The molecule has 1 aromatic heterocycles. The van der Waals surface area contributed by atoms with E-state index in [2.05, 4.69) is 15.5 Å². The Labute approximate surface area is 114 Å². The molecule has 1 aromatic rings. The van der Waals surface area contributed by atoms with Crippen molar-refractivity contribution in [3.8, 4) is 0 Å². The van der Waals surface area contributed by atoms with Gasteiger partial charge < -0.3 is 15.0 Å². The van der Waals surface area contributed by atoms with E-state index in [9.17, 15) is 18.3 Å². The summed E-state index contributed by atoms with van der Waals surface area (Å²) >= 11 is 0. The normalized spacial score (nSPS) is 19.7. The van der Waals surface area contributed by atoms with Gasteiger partial charge in [-0.1, -0.05) is 0 Å². The molecule has 20 heavy (non-hydrogen) atoms. The molecule has 0 spiro atoms. The standard InChI is InChI=1S/C11H18F3N5O/c1-10(7-20,15-2)6-18-3-4-19-8(5-18)16-17-9(19)11(12,13)14/h15,20H,3-7H2,1-2H3. The van der Waals surface area contributed by atoms with E-state index in [0.29, 0.717) is 25.5 Å². The Morgan fingerprint density at radius 2 is 2.00 bits per heavy atom. The van der Waals surface area contributed by atoms with Gasteiger partial charge in [0.25, 0.3) is 0 Å². The number of aliphatic hydroxyl groups is 1. The van der Waals surface area contributed by atoms with E-state index in [0.717, 1.165) is 4.57 Å². The number of fused-ring (bicyclic) bond motifs is 1. The van der Waals surface area contributed by atoms with Crippen LogP contribution in [0.4, 0.5) is 13.2 Å². The van der Waals surface area contributed by atoms with E-state index in [1.165, 1.54) is 0 Å². The van der Waals surface area contributed by atoms with E-state index >= 15 is 0 Å². The van der Waals surface area contributed by atoms with Crippen molar-refractivity contribution in [2.75, 3.05) is 26.7 Å². The quantitative estimate of drug-likeness (QED) is 0.823. The van der Waals surface area contributed by atoms with Crippen molar-refractivity contribution in [3.05, 3.63) is 11.6 Å². The van der Waals surface area contributed by atoms with Gasteiger partial charge in [0, 0.05) is 19.6 Å². The Bertz CT molecular complexity index is 469. The van der Waals surface area contributed by atoms with Gasteiger partial charge in [-0.15, -0.1) is 10.2 Å². The molecule has 0 bridgehead atoms. The second kappa shape index (κ2) is 5.30. The van der Waals surface area contributed by atoms with Crippen LogP contribution >= 0.6 is 0 Å². The first-order chi connectivity index (χ1) is 9.29. The number of halogens is 3. The van der Waals surface area contributed by atoms with Gasteiger partial charge >= 0.3 is 6.18 Å². The summed E-state index contributed by atoms with van der Waals surface area (Å²) in [6.07, 6.45) is -4.47. The highest BCUT2D eigenvalue weighted by Crippen LogP contribution is 2.29. The average Bonchev–Trinajstić information content (AvgIpc) is 2.81. The van der Waals surface area contributed by atoms with Crippen LogP contribution in [0, 0.1) is 0 Å². The van der Waals surface area contributed by atoms with Crippen molar-refractivity contribution in [2.45, 2.75) is 31.7 Å². The molecule has 0 aliphatic carbocycles. The van der Waals surface area contributed by atoms with Crippen LogP contribution in [0.1, 0.15) is 18.6 Å². The number of likely N-dealkylation sites (N-methyl/N-ethyl adjacent to an activating group) is 1. The lowest BCUT2D eigenvalue weighted by molar-refractivity contribution is -0.148. The molecule has 1 aliphatic rings. The van der Waals surface area contributed by atoms with Crippen LogP contribution in [0.15, 0.2) is 0 Å². The van der Waals surface area contributed by atoms with Gasteiger partial charge in [-0.05, 0) is 14.0 Å². The number of hydrogen-bond acceptors (Lipinski definition) is 5. The van der Waals surface area contributed by atoms with Gasteiger partial charge in [-0.25, -0.2) is 0 Å². The summed E-state index contributed by atoms with van der Waals surface area (Å²) in [6.45, 7) is 3.27.